The number of aromatic nitrogens is 1. The molecule has 1 saturated carbocycles. The first-order valence-electron chi connectivity index (χ1n) is 10.3. The molecule has 0 spiro atoms. The maximum Gasteiger partial charge on any atom is 0.335 e. The molecule has 0 radical (unpaired) electrons. The van der Waals surface area contributed by atoms with Gasteiger partial charge in [0.15, 0.2) is 5.82 Å². The summed E-state index contributed by atoms with van der Waals surface area (Å²) in [4.78, 5) is 17.9. The van der Waals surface area contributed by atoms with Crippen LogP contribution in [0, 0.1) is 5.82 Å². The zero-order valence-electron chi connectivity index (χ0n) is 16.8. The van der Waals surface area contributed by atoms with Gasteiger partial charge in [-0.2, -0.15) is 0 Å². The molecule has 2 heterocycles. The summed E-state index contributed by atoms with van der Waals surface area (Å²) in [6.45, 7) is 1.77. The summed E-state index contributed by atoms with van der Waals surface area (Å²) < 4.78 is 19.6. The zero-order chi connectivity index (χ0) is 21.4. The van der Waals surface area contributed by atoms with E-state index in [9.17, 15) is 9.18 Å². The van der Waals surface area contributed by atoms with Crippen LogP contribution in [0.4, 0.5) is 15.9 Å². The number of hydrogen-bond donors (Lipinski definition) is 2. The van der Waals surface area contributed by atoms with E-state index in [4.69, 9.17) is 9.84 Å². The Kier molecular flexibility index (Phi) is 4.73. The first-order chi connectivity index (χ1) is 15.0. The average molecular weight is 419 g/mol. The molecular weight excluding hydrogens is 397 g/mol. The number of halogens is 1. The van der Waals surface area contributed by atoms with Gasteiger partial charge in [-0.1, -0.05) is 24.3 Å². The highest BCUT2D eigenvalue weighted by Crippen LogP contribution is 2.50. The van der Waals surface area contributed by atoms with E-state index < -0.39 is 5.97 Å². The lowest BCUT2D eigenvalue weighted by molar-refractivity contribution is 0.0697. The van der Waals surface area contributed by atoms with Crippen LogP contribution in [-0.2, 0) is 12.1 Å². The van der Waals surface area contributed by atoms with E-state index in [1.807, 2.05) is 24.3 Å². The monoisotopic (exact) mass is 419 g/mol. The van der Waals surface area contributed by atoms with E-state index in [0.717, 1.165) is 35.4 Å². The second-order valence-electron chi connectivity index (χ2n) is 8.00. The van der Waals surface area contributed by atoms with Gasteiger partial charge in [-0.25, -0.2) is 14.2 Å². The largest absolute Gasteiger partial charge is 0.489 e. The third-order valence-corrected chi connectivity index (χ3v) is 5.88. The normalized spacial score (nSPS) is 16.2. The molecule has 1 aliphatic carbocycles. The van der Waals surface area contributed by atoms with Gasteiger partial charge < -0.3 is 20.1 Å². The van der Waals surface area contributed by atoms with Crippen LogP contribution in [0.25, 0.3) is 0 Å². The van der Waals surface area contributed by atoms with Crippen molar-refractivity contribution in [3.63, 3.8) is 0 Å². The summed E-state index contributed by atoms with van der Waals surface area (Å²) in [6, 6.07) is 15.4. The highest BCUT2D eigenvalue weighted by molar-refractivity contribution is 5.87. The second-order valence-corrected chi connectivity index (χ2v) is 8.00. The van der Waals surface area contributed by atoms with Crippen LogP contribution in [0.5, 0.6) is 5.75 Å². The number of pyridine rings is 1. The van der Waals surface area contributed by atoms with Gasteiger partial charge in [0.1, 0.15) is 23.9 Å². The number of rotatable bonds is 6. The fourth-order valence-corrected chi connectivity index (χ4v) is 4.11. The standard InChI is InChI=1S/C24H22FN3O3/c25-19-3-1-2-16(14-19)15-28-12-13-31-20-8-11-26-22(21(20)28)27-24(9-10-24)18-6-4-17(5-7-18)23(29)30/h1-8,11,14H,9-10,12-13,15H2,(H,26,27)(H,29,30). The van der Waals surface area contributed by atoms with Crippen LogP contribution in [0.1, 0.15) is 34.3 Å². The second kappa shape index (κ2) is 7.58. The van der Waals surface area contributed by atoms with Gasteiger partial charge >= 0.3 is 5.97 Å². The number of hydrogen-bond acceptors (Lipinski definition) is 5. The van der Waals surface area contributed by atoms with Crippen LogP contribution < -0.4 is 15.0 Å². The van der Waals surface area contributed by atoms with Crippen LogP contribution in [0.3, 0.4) is 0 Å². The van der Waals surface area contributed by atoms with Crippen molar-refractivity contribution in [3.05, 3.63) is 83.3 Å². The highest BCUT2D eigenvalue weighted by atomic mass is 19.1. The van der Waals surface area contributed by atoms with E-state index in [-0.39, 0.29) is 16.9 Å². The fourth-order valence-electron chi connectivity index (χ4n) is 4.11. The summed E-state index contributed by atoms with van der Waals surface area (Å²) in [5.74, 6) is 0.274. The van der Waals surface area contributed by atoms with Crippen molar-refractivity contribution >= 4 is 17.5 Å². The third kappa shape index (κ3) is 3.79. The lowest BCUT2D eigenvalue weighted by atomic mass is 10.0. The molecule has 1 aromatic heterocycles. The number of carboxylic acids is 1. The molecule has 2 aliphatic rings. The van der Waals surface area contributed by atoms with Crippen molar-refractivity contribution in [1.29, 1.82) is 0 Å². The molecule has 31 heavy (non-hydrogen) atoms. The molecule has 5 rings (SSSR count). The number of anilines is 2. The Bertz CT molecular complexity index is 1130. The van der Waals surface area contributed by atoms with Gasteiger partial charge in [0.05, 0.1) is 17.6 Å². The Balaban J connectivity index is 1.45. The number of nitrogens with zero attached hydrogens (tertiary/aromatic N) is 2. The van der Waals surface area contributed by atoms with E-state index in [2.05, 4.69) is 15.2 Å². The molecule has 3 aromatic rings. The number of carboxylic acid groups (broad SMARTS) is 1. The summed E-state index contributed by atoms with van der Waals surface area (Å²) in [7, 11) is 0. The number of ether oxygens (including phenoxy) is 1. The van der Waals surface area contributed by atoms with E-state index in [1.54, 1.807) is 30.5 Å². The molecular formula is C24H22FN3O3. The van der Waals surface area contributed by atoms with Crippen molar-refractivity contribution in [2.75, 3.05) is 23.4 Å². The van der Waals surface area contributed by atoms with Crippen molar-refractivity contribution < 1.29 is 19.0 Å². The van der Waals surface area contributed by atoms with Gasteiger partial charge in [0.2, 0.25) is 0 Å². The van der Waals surface area contributed by atoms with E-state index >= 15 is 0 Å². The quantitative estimate of drug-likeness (QED) is 0.616. The van der Waals surface area contributed by atoms with Crippen molar-refractivity contribution in [1.82, 2.24) is 4.98 Å². The lowest BCUT2D eigenvalue weighted by Gasteiger charge is -2.33. The highest BCUT2D eigenvalue weighted by Gasteiger charge is 2.45. The molecule has 158 valence electrons. The smallest absolute Gasteiger partial charge is 0.335 e. The number of benzene rings is 2. The third-order valence-electron chi connectivity index (χ3n) is 5.88. The van der Waals surface area contributed by atoms with Crippen LogP contribution >= 0.6 is 0 Å². The Hall–Kier alpha value is -3.61. The van der Waals surface area contributed by atoms with Gasteiger partial charge in [0, 0.05) is 18.8 Å². The number of nitrogens with one attached hydrogen (secondary N) is 1. The van der Waals surface area contributed by atoms with Gasteiger partial charge in [-0.15, -0.1) is 0 Å². The van der Waals surface area contributed by atoms with Crippen molar-refractivity contribution in [2.45, 2.75) is 24.9 Å². The zero-order valence-corrected chi connectivity index (χ0v) is 16.8. The lowest BCUT2D eigenvalue weighted by Crippen LogP contribution is -2.34. The van der Waals surface area contributed by atoms with Crippen LogP contribution in [0.2, 0.25) is 0 Å². The predicted molar refractivity (Wildman–Crippen MR) is 115 cm³/mol. The Morgan fingerprint density at radius 1 is 1.19 bits per heavy atom. The molecule has 0 bridgehead atoms. The first-order valence-corrected chi connectivity index (χ1v) is 10.3. The van der Waals surface area contributed by atoms with Crippen LogP contribution in [0.15, 0.2) is 60.8 Å². The van der Waals surface area contributed by atoms with Crippen molar-refractivity contribution in [3.8, 4) is 5.75 Å². The number of fused-ring (bicyclic) bond motifs is 1. The van der Waals surface area contributed by atoms with E-state index in [1.165, 1.54) is 6.07 Å². The predicted octanol–water partition coefficient (Wildman–Crippen LogP) is 4.42. The molecule has 2 aromatic carbocycles. The molecule has 6 nitrogen and oxygen atoms in total. The number of aromatic carboxylic acids is 1. The summed E-state index contributed by atoms with van der Waals surface area (Å²) >= 11 is 0. The topological polar surface area (TPSA) is 74.7 Å². The molecule has 1 fully saturated rings. The fraction of sp³-hybridized carbons (Fsp3) is 0.250. The molecule has 7 heteroatoms. The Morgan fingerprint density at radius 3 is 2.71 bits per heavy atom. The van der Waals surface area contributed by atoms with Gasteiger partial charge in [-0.3, -0.25) is 0 Å². The first kappa shape index (κ1) is 19.4. The van der Waals surface area contributed by atoms with Crippen LogP contribution in [-0.4, -0.2) is 29.2 Å². The molecule has 1 aliphatic heterocycles. The van der Waals surface area contributed by atoms with Gasteiger partial charge in [0.25, 0.3) is 0 Å². The minimum absolute atomic E-state index is 0.253. The maximum atomic E-state index is 13.7. The van der Waals surface area contributed by atoms with E-state index in [0.29, 0.717) is 25.5 Å². The summed E-state index contributed by atoms with van der Waals surface area (Å²) in [5, 5.41) is 12.8. The Labute approximate surface area is 179 Å². The molecule has 2 N–H and O–H groups in total. The summed E-state index contributed by atoms with van der Waals surface area (Å²) in [6.07, 6.45) is 3.57. The molecule has 0 unspecified atom stereocenters. The van der Waals surface area contributed by atoms with Gasteiger partial charge in [-0.05, 0) is 48.2 Å². The molecule has 0 saturated heterocycles. The minimum Gasteiger partial charge on any atom is -0.489 e. The number of carbonyl (C=O) groups is 1. The Morgan fingerprint density at radius 2 is 2.00 bits per heavy atom. The minimum atomic E-state index is -0.937. The molecule has 0 amide bonds. The molecule has 0 atom stereocenters. The van der Waals surface area contributed by atoms with Crippen molar-refractivity contribution in [2.24, 2.45) is 0 Å². The maximum absolute atomic E-state index is 13.7. The summed E-state index contributed by atoms with van der Waals surface area (Å²) in [5.41, 5.74) is 2.77. The average Bonchev–Trinajstić information content (AvgIpc) is 3.55. The SMILES string of the molecule is O=C(O)c1ccc(C2(Nc3nccc4c3N(Cc3cccc(F)c3)CCO4)CC2)cc1.